The van der Waals surface area contributed by atoms with Crippen LogP contribution in [0.15, 0.2) is 24.3 Å². The molecule has 1 aromatic carbocycles. The molecule has 1 aliphatic rings. The van der Waals surface area contributed by atoms with Crippen molar-refractivity contribution in [2.45, 2.75) is 18.6 Å². The molecule has 2 rings (SSSR count). The Morgan fingerprint density at radius 2 is 2.19 bits per heavy atom. The van der Waals surface area contributed by atoms with Gasteiger partial charge in [-0.1, -0.05) is 23.7 Å². The second-order valence-corrected chi connectivity index (χ2v) is 4.06. The van der Waals surface area contributed by atoms with Gasteiger partial charge in [-0.25, -0.2) is 10.9 Å². The largest absolute Gasteiger partial charge is 0.323 e. The van der Waals surface area contributed by atoms with Gasteiger partial charge in [-0.05, 0) is 12.1 Å². The quantitative estimate of drug-likeness (QED) is 0.605. The van der Waals surface area contributed by atoms with Crippen LogP contribution in [0.4, 0.5) is 5.69 Å². The van der Waals surface area contributed by atoms with Crippen molar-refractivity contribution in [3.05, 3.63) is 29.3 Å². The van der Waals surface area contributed by atoms with Gasteiger partial charge in [0.1, 0.15) is 6.04 Å². The Morgan fingerprint density at radius 1 is 1.44 bits per heavy atom. The molecule has 86 valence electrons. The van der Waals surface area contributed by atoms with E-state index in [0.29, 0.717) is 17.1 Å². The number of hydrazine groups is 1. The topological polar surface area (TPSA) is 79.2 Å². The number of carbonyl (C=O) groups excluding carboxylic acids is 1. The zero-order chi connectivity index (χ0) is 11.5. The molecule has 1 heterocycles. The summed E-state index contributed by atoms with van der Waals surface area (Å²) >= 11 is 5.93. The zero-order valence-electron chi connectivity index (χ0n) is 8.53. The maximum Gasteiger partial charge on any atom is 0.243 e. The predicted octanol–water partition coefficient (Wildman–Crippen LogP) is 0.430. The van der Waals surface area contributed by atoms with Crippen molar-refractivity contribution in [1.29, 1.82) is 0 Å². The summed E-state index contributed by atoms with van der Waals surface area (Å²) in [4.78, 5) is 11.8. The maximum absolute atomic E-state index is 11.8. The van der Waals surface area contributed by atoms with E-state index in [1.807, 2.05) is 12.1 Å². The van der Waals surface area contributed by atoms with Gasteiger partial charge in [0.25, 0.3) is 0 Å². The van der Waals surface area contributed by atoms with Crippen molar-refractivity contribution in [2.75, 3.05) is 5.32 Å². The van der Waals surface area contributed by atoms with Crippen LogP contribution in [0, 0.1) is 0 Å². The number of para-hydroxylation sites is 1. The van der Waals surface area contributed by atoms with Crippen LogP contribution < -0.4 is 21.9 Å². The predicted molar refractivity (Wildman–Crippen MR) is 62.7 cm³/mol. The van der Waals surface area contributed by atoms with Gasteiger partial charge in [0.15, 0.2) is 0 Å². The molecule has 1 saturated heterocycles. The number of nitrogens with two attached hydrogens (primary N) is 1. The highest BCUT2D eigenvalue weighted by Gasteiger charge is 2.27. The lowest BCUT2D eigenvalue weighted by molar-refractivity contribution is -0.117. The summed E-state index contributed by atoms with van der Waals surface area (Å²) < 4.78 is 0. The maximum atomic E-state index is 11.8. The number of hydrogen-bond acceptors (Lipinski definition) is 4. The molecule has 16 heavy (non-hydrogen) atoms. The van der Waals surface area contributed by atoms with Gasteiger partial charge in [-0.2, -0.15) is 0 Å². The van der Waals surface area contributed by atoms with E-state index in [4.69, 9.17) is 17.3 Å². The van der Waals surface area contributed by atoms with Crippen molar-refractivity contribution in [3.8, 4) is 0 Å². The molecule has 5 nitrogen and oxygen atoms in total. The first-order valence-corrected chi connectivity index (χ1v) is 5.36. The van der Waals surface area contributed by atoms with E-state index in [1.165, 1.54) is 0 Å². The SMILES string of the molecule is NC1CC(C(=O)Nc2ccccc2Cl)NN1. The monoisotopic (exact) mass is 240 g/mol. The molecular formula is C10H13ClN4O. The summed E-state index contributed by atoms with van der Waals surface area (Å²) in [6.45, 7) is 0. The third kappa shape index (κ3) is 2.51. The van der Waals surface area contributed by atoms with E-state index < -0.39 is 0 Å². The van der Waals surface area contributed by atoms with Gasteiger partial charge >= 0.3 is 0 Å². The molecule has 1 amide bonds. The Bertz CT molecular complexity index is 398. The van der Waals surface area contributed by atoms with Gasteiger partial charge in [0.05, 0.1) is 16.9 Å². The van der Waals surface area contributed by atoms with E-state index in [1.54, 1.807) is 12.1 Å². The van der Waals surface area contributed by atoms with Crippen LogP contribution in [-0.4, -0.2) is 18.1 Å². The molecule has 0 bridgehead atoms. The fourth-order valence-corrected chi connectivity index (χ4v) is 1.72. The third-order valence-corrected chi connectivity index (χ3v) is 2.71. The van der Waals surface area contributed by atoms with E-state index in [2.05, 4.69) is 16.2 Å². The van der Waals surface area contributed by atoms with E-state index in [0.717, 1.165) is 0 Å². The van der Waals surface area contributed by atoms with Gasteiger partial charge in [0, 0.05) is 6.42 Å². The molecular weight excluding hydrogens is 228 g/mol. The van der Waals surface area contributed by atoms with Crippen LogP contribution in [0.2, 0.25) is 5.02 Å². The molecule has 1 fully saturated rings. The Morgan fingerprint density at radius 3 is 2.81 bits per heavy atom. The zero-order valence-corrected chi connectivity index (χ0v) is 9.29. The van der Waals surface area contributed by atoms with Crippen molar-refractivity contribution in [1.82, 2.24) is 10.9 Å². The third-order valence-electron chi connectivity index (χ3n) is 2.38. The van der Waals surface area contributed by atoms with E-state index in [-0.39, 0.29) is 18.1 Å². The molecule has 0 saturated carbocycles. The van der Waals surface area contributed by atoms with Gasteiger partial charge in [-0.3, -0.25) is 4.79 Å². The Balaban J connectivity index is 2.00. The Labute approximate surface area is 98.3 Å². The van der Waals surface area contributed by atoms with Crippen molar-refractivity contribution >= 4 is 23.2 Å². The first-order valence-electron chi connectivity index (χ1n) is 4.99. The molecule has 1 aliphatic heterocycles. The van der Waals surface area contributed by atoms with Crippen LogP contribution in [0.25, 0.3) is 0 Å². The normalized spacial score (nSPS) is 24.4. The van der Waals surface area contributed by atoms with Crippen LogP contribution in [0.3, 0.4) is 0 Å². The molecule has 0 spiro atoms. The van der Waals surface area contributed by atoms with Crippen LogP contribution >= 0.6 is 11.6 Å². The Hall–Kier alpha value is -1.14. The first kappa shape index (κ1) is 11.3. The lowest BCUT2D eigenvalue weighted by Crippen LogP contribution is -2.41. The fraction of sp³-hybridized carbons (Fsp3) is 0.300. The van der Waals surface area contributed by atoms with Crippen molar-refractivity contribution in [3.63, 3.8) is 0 Å². The second kappa shape index (κ2) is 4.80. The minimum Gasteiger partial charge on any atom is -0.323 e. The highest BCUT2D eigenvalue weighted by molar-refractivity contribution is 6.33. The average Bonchev–Trinajstić information content (AvgIpc) is 2.68. The number of amides is 1. The first-order chi connectivity index (χ1) is 7.66. The molecule has 0 aliphatic carbocycles. The minimum atomic E-state index is -0.328. The van der Waals surface area contributed by atoms with Gasteiger partial charge in [0.2, 0.25) is 5.91 Å². The average molecular weight is 241 g/mol. The van der Waals surface area contributed by atoms with Crippen LogP contribution in [0.1, 0.15) is 6.42 Å². The summed E-state index contributed by atoms with van der Waals surface area (Å²) in [6, 6.07) is 6.77. The number of nitrogens with one attached hydrogen (secondary N) is 3. The van der Waals surface area contributed by atoms with Crippen LogP contribution in [0.5, 0.6) is 0 Å². The van der Waals surface area contributed by atoms with Gasteiger partial charge in [-0.15, -0.1) is 0 Å². The van der Waals surface area contributed by atoms with E-state index in [9.17, 15) is 4.79 Å². The summed E-state index contributed by atoms with van der Waals surface area (Å²) in [6.07, 6.45) is 0.359. The molecule has 2 unspecified atom stereocenters. The van der Waals surface area contributed by atoms with Crippen molar-refractivity contribution in [2.24, 2.45) is 5.73 Å². The summed E-state index contributed by atoms with van der Waals surface area (Å²) in [5.41, 5.74) is 11.8. The highest BCUT2D eigenvalue weighted by atomic mass is 35.5. The van der Waals surface area contributed by atoms with Gasteiger partial charge < -0.3 is 11.1 Å². The molecule has 0 aromatic heterocycles. The lowest BCUT2D eigenvalue weighted by atomic mass is 10.2. The number of rotatable bonds is 2. The lowest BCUT2D eigenvalue weighted by Gasteiger charge is -2.11. The minimum absolute atomic E-state index is 0.145. The number of carbonyl (C=O) groups is 1. The molecule has 0 radical (unpaired) electrons. The van der Waals surface area contributed by atoms with Crippen molar-refractivity contribution < 1.29 is 4.79 Å². The summed E-state index contributed by atoms with van der Waals surface area (Å²) in [5.74, 6) is -0.145. The molecule has 6 heteroatoms. The standard InChI is InChI=1S/C10H13ClN4O/c11-6-3-1-2-4-7(6)13-10(16)8-5-9(12)15-14-8/h1-4,8-9,14-15H,5,12H2,(H,13,16). The molecule has 5 N–H and O–H groups in total. The summed E-state index contributed by atoms with van der Waals surface area (Å²) in [5, 5.41) is 3.26. The smallest absolute Gasteiger partial charge is 0.243 e. The van der Waals surface area contributed by atoms with E-state index >= 15 is 0 Å². The highest BCUT2D eigenvalue weighted by Crippen LogP contribution is 2.20. The number of benzene rings is 1. The summed E-state index contributed by atoms with van der Waals surface area (Å²) in [7, 11) is 0. The Kier molecular flexibility index (Phi) is 3.40. The fourth-order valence-electron chi connectivity index (χ4n) is 1.53. The molecule has 2 atom stereocenters. The van der Waals surface area contributed by atoms with Crippen LogP contribution in [-0.2, 0) is 4.79 Å². The second-order valence-electron chi connectivity index (χ2n) is 3.65. The molecule has 1 aromatic rings. The number of hydrogen-bond donors (Lipinski definition) is 4. The number of halogens is 1. The number of anilines is 1.